The van der Waals surface area contributed by atoms with Gasteiger partial charge in [0.05, 0.1) is 18.9 Å². The number of anilines is 2. The highest BCUT2D eigenvalue weighted by Gasteiger charge is 2.17. The molecule has 6 heteroatoms. The van der Waals surface area contributed by atoms with Crippen LogP contribution in [0.15, 0.2) is 48.5 Å². The van der Waals surface area contributed by atoms with E-state index in [9.17, 15) is 4.79 Å². The van der Waals surface area contributed by atoms with E-state index in [1.807, 2.05) is 55.5 Å². The Bertz CT molecular complexity index is 742. The Labute approximate surface area is 159 Å². The Balaban J connectivity index is 1.50. The number of carbonyl (C=O) groups excluding carboxylic acids is 1. The zero-order chi connectivity index (χ0) is 19.1. The number of nitrogens with one attached hydrogen (secondary N) is 2. The van der Waals surface area contributed by atoms with Gasteiger partial charge in [-0.3, -0.25) is 4.79 Å². The van der Waals surface area contributed by atoms with Gasteiger partial charge in [-0.05, 0) is 56.2 Å². The van der Waals surface area contributed by atoms with E-state index in [0.717, 1.165) is 30.9 Å². The van der Waals surface area contributed by atoms with Crippen molar-refractivity contribution in [3.05, 3.63) is 48.5 Å². The van der Waals surface area contributed by atoms with E-state index in [0.29, 0.717) is 18.0 Å². The molecule has 0 bridgehead atoms. The van der Waals surface area contributed by atoms with Crippen molar-refractivity contribution in [3.8, 4) is 11.5 Å². The summed E-state index contributed by atoms with van der Waals surface area (Å²) in [5.74, 6) is 1.28. The summed E-state index contributed by atoms with van der Waals surface area (Å²) in [6.45, 7) is 3.21. The van der Waals surface area contributed by atoms with Crippen LogP contribution in [0.5, 0.6) is 11.5 Å². The van der Waals surface area contributed by atoms with Crippen molar-refractivity contribution in [2.75, 3.05) is 31.0 Å². The standard InChI is InChI=1S/C21H26N2O4/c1-15(21(24)23-19-7-3-4-8-20(19)25-2)22-16-9-11-17(12-10-16)27-14-18-6-5-13-26-18/h3-4,7-12,15,18,22H,5-6,13-14H2,1-2H3,(H,23,24). The molecule has 2 aromatic rings. The molecule has 0 aliphatic carbocycles. The minimum Gasteiger partial charge on any atom is -0.495 e. The number of ether oxygens (including phenoxy) is 3. The smallest absolute Gasteiger partial charge is 0.246 e. The van der Waals surface area contributed by atoms with Crippen LogP contribution >= 0.6 is 0 Å². The van der Waals surface area contributed by atoms with E-state index >= 15 is 0 Å². The molecule has 1 saturated heterocycles. The largest absolute Gasteiger partial charge is 0.495 e. The lowest BCUT2D eigenvalue weighted by molar-refractivity contribution is -0.116. The Morgan fingerprint density at radius 3 is 2.70 bits per heavy atom. The molecule has 2 atom stereocenters. The molecule has 1 fully saturated rings. The van der Waals surface area contributed by atoms with Crippen LogP contribution in [0.1, 0.15) is 19.8 Å². The van der Waals surface area contributed by atoms with Crippen LogP contribution in [0.2, 0.25) is 0 Å². The summed E-state index contributed by atoms with van der Waals surface area (Å²) in [5.41, 5.74) is 1.50. The van der Waals surface area contributed by atoms with Gasteiger partial charge in [-0.15, -0.1) is 0 Å². The minimum atomic E-state index is -0.409. The minimum absolute atomic E-state index is 0.141. The fraction of sp³-hybridized carbons (Fsp3) is 0.381. The Kier molecular flexibility index (Phi) is 6.54. The Morgan fingerprint density at radius 1 is 1.22 bits per heavy atom. The van der Waals surface area contributed by atoms with Crippen molar-refractivity contribution < 1.29 is 19.0 Å². The van der Waals surface area contributed by atoms with E-state index in [1.54, 1.807) is 7.11 Å². The van der Waals surface area contributed by atoms with Gasteiger partial charge in [0, 0.05) is 12.3 Å². The maximum absolute atomic E-state index is 12.4. The van der Waals surface area contributed by atoms with Crippen LogP contribution in [0.3, 0.4) is 0 Å². The predicted molar refractivity (Wildman–Crippen MR) is 106 cm³/mol. The maximum atomic E-state index is 12.4. The summed E-state index contributed by atoms with van der Waals surface area (Å²) in [6.07, 6.45) is 2.35. The number of benzene rings is 2. The third-order valence-electron chi connectivity index (χ3n) is 4.46. The highest BCUT2D eigenvalue weighted by atomic mass is 16.5. The van der Waals surface area contributed by atoms with Crippen molar-refractivity contribution in [1.29, 1.82) is 0 Å². The number of para-hydroxylation sites is 2. The van der Waals surface area contributed by atoms with Crippen molar-refractivity contribution >= 4 is 17.3 Å². The van der Waals surface area contributed by atoms with Gasteiger partial charge in [0.1, 0.15) is 24.1 Å². The normalized spacial score (nSPS) is 17.2. The zero-order valence-corrected chi connectivity index (χ0v) is 15.7. The average molecular weight is 370 g/mol. The van der Waals surface area contributed by atoms with Crippen LogP contribution in [0, 0.1) is 0 Å². The quantitative estimate of drug-likeness (QED) is 0.742. The fourth-order valence-corrected chi connectivity index (χ4v) is 2.92. The van der Waals surface area contributed by atoms with Crippen molar-refractivity contribution in [3.63, 3.8) is 0 Å². The van der Waals surface area contributed by atoms with Gasteiger partial charge >= 0.3 is 0 Å². The molecule has 1 heterocycles. The lowest BCUT2D eigenvalue weighted by atomic mass is 10.2. The van der Waals surface area contributed by atoms with Gasteiger partial charge in [-0.1, -0.05) is 12.1 Å². The second kappa shape index (κ2) is 9.28. The topological polar surface area (TPSA) is 68.8 Å². The monoisotopic (exact) mass is 370 g/mol. The molecule has 1 aliphatic rings. The molecule has 1 aliphatic heterocycles. The first-order valence-corrected chi connectivity index (χ1v) is 9.20. The van der Waals surface area contributed by atoms with Gasteiger partial charge in [0.2, 0.25) is 5.91 Å². The molecular weight excluding hydrogens is 344 g/mol. The van der Waals surface area contributed by atoms with Gasteiger partial charge in [0.15, 0.2) is 0 Å². The van der Waals surface area contributed by atoms with Gasteiger partial charge in [-0.2, -0.15) is 0 Å². The first kappa shape index (κ1) is 19.0. The first-order chi connectivity index (χ1) is 13.2. The van der Waals surface area contributed by atoms with Crippen LogP contribution in [-0.2, 0) is 9.53 Å². The van der Waals surface area contributed by atoms with Gasteiger partial charge < -0.3 is 24.8 Å². The van der Waals surface area contributed by atoms with E-state index in [2.05, 4.69) is 10.6 Å². The van der Waals surface area contributed by atoms with Crippen LogP contribution in [-0.4, -0.2) is 38.4 Å². The van der Waals surface area contributed by atoms with E-state index in [-0.39, 0.29) is 12.0 Å². The summed E-state index contributed by atoms with van der Waals surface area (Å²) in [5, 5.41) is 6.07. The predicted octanol–water partition coefficient (Wildman–Crippen LogP) is 3.69. The molecule has 0 radical (unpaired) electrons. The van der Waals surface area contributed by atoms with Crippen molar-refractivity contribution in [2.45, 2.75) is 31.9 Å². The Hall–Kier alpha value is -2.73. The molecule has 2 unspecified atom stereocenters. The van der Waals surface area contributed by atoms with Gasteiger partial charge in [0.25, 0.3) is 0 Å². The second-order valence-corrected chi connectivity index (χ2v) is 6.53. The Morgan fingerprint density at radius 2 is 2.00 bits per heavy atom. The third-order valence-corrected chi connectivity index (χ3v) is 4.46. The van der Waals surface area contributed by atoms with E-state index < -0.39 is 6.04 Å². The van der Waals surface area contributed by atoms with Gasteiger partial charge in [-0.25, -0.2) is 0 Å². The number of methoxy groups -OCH3 is 1. The van der Waals surface area contributed by atoms with Crippen molar-refractivity contribution in [2.24, 2.45) is 0 Å². The molecule has 27 heavy (non-hydrogen) atoms. The molecule has 2 aromatic carbocycles. The maximum Gasteiger partial charge on any atom is 0.246 e. The number of amides is 1. The highest BCUT2D eigenvalue weighted by Crippen LogP contribution is 2.23. The number of carbonyl (C=O) groups is 1. The molecule has 2 N–H and O–H groups in total. The molecule has 0 spiro atoms. The summed E-state index contributed by atoms with van der Waals surface area (Å²) < 4.78 is 16.6. The average Bonchev–Trinajstić information content (AvgIpc) is 3.21. The number of rotatable bonds is 8. The molecule has 3 rings (SSSR count). The SMILES string of the molecule is COc1ccccc1NC(=O)C(C)Nc1ccc(OCC2CCCO2)cc1. The van der Waals surface area contributed by atoms with Crippen LogP contribution in [0.25, 0.3) is 0 Å². The number of hydrogen-bond donors (Lipinski definition) is 2. The molecular formula is C21H26N2O4. The molecule has 0 aromatic heterocycles. The molecule has 144 valence electrons. The summed E-state index contributed by atoms with van der Waals surface area (Å²) in [6, 6.07) is 14.5. The highest BCUT2D eigenvalue weighted by molar-refractivity contribution is 5.97. The second-order valence-electron chi connectivity index (χ2n) is 6.53. The lowest BCUT2D eigenvalue weighted by Gasteiger charge is -2.17. The van der Waals surface area contributed by atoms with E-state index in [4.69, 9.17) is 14.2 Å². The molecule has 1 amide bonds. The fourth-order valence-electron chi connectivity index (χ4n) is 2.92. The number of hydrogen-bond acceptors (Lipinski definition) is 5. The summed E-state index contributed by atoms with van der Waals surface area (Å²) in [4.78, 5) is 12.4. The van der Waals surface area contributed by atoms with Crippen LogP contribution in [0.4, 0.5) is 11.4 Å². The first-order valence-electron chi connectivity index (χ1n) is 9.20. The van der Waals surface area contributed by atoms with Crippen LogP contribution < -0.4 is 20.1 Å². The molecule has 0 saturated carbocycles. The van der Waals surface area contributed by atoms with Crippen molar-refractivity contribution in [1.82, 2.24) is 0 Å². The zero-order valence-electron chi connectivity index (χ0n) is 15.7. The third kappa shape index (κ3) is 5.37. The summed E-state index contributed by atoms with van der Waals surface area (Å²) in [7, 11) is 1.58. The van der Waals surface area contributed by atoms with E-state index in [1.165, 1.54) is 0 Å². The molecule has 6 nitrogen and oxygen atoms in total. The summed E-state index contributed by atoms with van der Waals surface area (Å²) >= 11 is 0. The lowest BCUT2D eigenvalue weighted by Crippen LogP contribution is -2.31.